The van der Waals surface area contributed by atoms with Crippen LogP contribution in [0.25, 0.3) is 10.1 Å². The predicted molar refractivity (Wildman–Crippen MR) is 67.8 cm³/mol. The van der Waals surface area contributed by atoms with Gasteiger partial charge in [-0.05, 0) is 29.7 Å². The molecule has 0 radical (unpaired) electrons. The standard InChI is InChI=1S/C12H8F3NO3S/c1-19-10(17)9-5-6-4-7(2-3-8(6)20-9)16-11(18)12(13,14)15/h2-5H,1H3,(H,16,18). The third kappa shape index (κ3) is 2.90. The third-order valence-electron chi connectivity index (χ3n) is 2.42. The number of benzene rings is 1. The molecule has 106 valence electrons. The lowest BCUT2D eigenvalue weighted by molar-refractivity contribution is -0.167. The van der Waals surface area contributed by atoms with E-state index in [1.54, 1.807) is 5.32 Å². The summed E-state index contributed by atoms with van der Waals surface area (Å²) in [4.78, 5) is 22.5. The van der Waals surface area contributed by atoms with Crippen LogP contribution in [0.5, 0.6) is 0 Å². The molecule has 1 amide bonds. The first-order valence-electron chi connectivity index (χ1n) is 5.31. The average Bonchev–Trinajstić information content (AvgIpc) is 2.79. The minimum Gasteiger partial charge on any atom is -0.465 e. The Labute approximate surface area is 115 Å². The maximum atomic E-state index is 12.1. The summed E-state index contributed by atoms with van der Waals surface area (Å²) >= 11 is 1.15. The molecule has 0 fully saturated rings. The smallest absolute Gasteiger partial charge is 0.465 e. The lowest BCUT2D eigenvalue weighted by Crippen LogP contribution is -2.29. The van der Waals surface area contributed by atoms with Crippen LogP contribution in [0.3, 0.4) is 0 Å². The van der Waals surface area contributed by atoms with E-state index < -0.39 is 18.1 Å². The Bertz CT molecular complexity index is 678. The van der Waals surface area contributed by atoms with Gasteiger partial charge in [0.2, 0.25) is 0 Å². The summed E-state index contributed by atoms with van der Waals surface area (Å²) in [5, 5.41) is 2.30. The van der Waals surface area contributed by atoms with Crippen molar-refractivity contribution in [2.24, 2.45) is 0 Å². The zero-order valence-electron chi connectivity index (χ0n) is 10.1. The summed E-state index contributed by atoms with van der Waals surface area (Å²) in [5.41, 5.74) is 0.00837. The molecule has 0 aliphatic heterocycles. The van der Waals surface area contributed by atoms with Gasteiger partial charge in [0.25, 0.3) is 0 Å². The van der Waals surface area contributed by atoms with Crippen LogP contribution in [-0.2, 0) is 9.53 Å². The summed E-state index contributed by atoms with van der Waals surface area (Å²) in [5.74, 6) is -2.56. The van der Waals surface area contributed by atoms with Crippen molar-refractivity contribution in [3.63, 3.8) is 0 Å². The molecule has 0 bridgehead atoms. The molecule has 2 aromatic rings. The minimum atomic E-state index is -4.94. The first kappa shape index (κ1) is 14.3. The van der Waals surface area contributed by atoms with E-state index >= 15 is 0 Å². The quantitative estimate of drug-likeness (QED) is 0.867. The zero-order valence-corrected chi connectivity index (χ0v) is 10.9. The van der Waals surface area contributed by atoms with Crippen LogP contribution < -0.4 is 5.32 Å². The lowest BCUT2D eigenvalue weighted by atomic mass is 10.2. The number of halogens is 3. The van der Waals surface area contributed by atoms with Crippen molar-refractivity contribution >= 4 is 39.0 Å². The number of thiophene rings is 1. The number of anilines is 1. The number of nitrogens with one attached hydrogen (secondary N) is 1. The molecule has 1 aromatic heterocycles. The molecule has 4 nitrogen and oxygen atoms in total. The minimum absolute atomic E-state index is 0.00837. The summed E-state index contributed by atoms with van der Waals surface area (Å²) < 4.78 is 41.7. The Morgan fingerprint density at radius 2 is 1.95 bits per heavy atom. The molecule has 8 heteroatoms. The molecular weight excluding hydrogens is 295 g/mol. The van der Waals surface area contributed by atoms with Crippen LogP contribution in [-0.4, -0.2) is 25.2 Å². The van der Waals surface area contributed by atoms with E-state index in [4.69, 9.17) is 0 Å². The van der Waals surface area contributed by atoms with Gasteiger partial charge in [-0.3, -0.25) is 4.79 Å². The molecule has 0 atom stereocenters. The van der Waals surface area contributed by atoms with Crippen LogP contribution in [0.1, 0.15) is 9.67 Å². The first-order valence-corrected chi connectivity index (χ1v) is 6.13. The van der Waals surface area contributed by atoms with E-state index in [0.717, 1.165) is 11.3 Å². The molecule has 0 spiro atoms. The second kappa shape index (κ2) is 5.12. The van der Waals surface area contributed by atoms with Crippen molar-refractivity contribution in [2.75, 3.05) is 12.4 Å². The Morgan fingerprint density at radius 3 is 2.55 bits per heavy atom. The molecule has 0 aliphatic carbocycles. The summed E-state index contributed by atoms with van der Waals surface area (Å²) in [7, 11) is 1.24. The predicted octanol–water partition coefficient (Wildman–Crippen LogP) is 3.19. The van der Waals surface area contributed by atoms with E-state index in [-0.39, 0.29) is 5.69 Å². The Morgan fingerprint density at radius 1 is 1.25 bits per heavy atom. The van der Waals surface area contributed by atoms with E-state index in [9.17, 15) is 22.8 Å². The van der Waals surface area contributed by atoms with E-state index in [2.05, 4.69) is 4.74 Å². The average molecular weight is 303 g/mol. The maximum Gasteiger partial charge on any atom is 0.471 e. The Hall–Kier alpha value is -2.09. The summed E-state index contributed by atoms with van der Waals surface area (Å²) in [6, 6.07) is 5.72. The number of carbonyl (C=O) groups is 2. The number of hydrogen-bond donors (Lipinski definition) is 1. The molecule has 1 heterocycles. The van der Waals surface area contributed by atoms with Crippen LogP contribution in [0.15, 0.2) is 24.3 Å². The molecule has 0 unspecified atom stereocenters. The van der Waals surface area contributed by atoms with Gasteiger partial charge in [-0.15, -0.1) is 11.3 Å². The second-order valence-electron chi connectivity index (χ2n) is 3.81. The largest absolute Gasteiger partial charge is 0.471 e. The zero-order chi connectivity index (χ0) is 14.9. The van der Waals surface area contributed by atoms with E-state index in [1.807, 2.05) is 0 Å². The molecular formula is C12H8F3NO3S. The van der Waals surface area contributed by atoms with Gasteiger partial charge in [0.1, 0.15) is 4.88 Å². The number of esters is 1. The Balaban J connectivity index is 2.30. The molecule has 0 saturated heterocycles. The van der Waals surface area contributed by atoms with E-state index in [0.29, 0.717) is 15.0 Å². The van der Waals surface area contributed by atoms with Crippen LogP contribution >= 0.6 is 11.3 Å². The normalized spacial score (nSPS) is 11.4. The topological polar surface area (TPSA) is 55.4 Å². The van der Waals surface area contributed by atoms with Crippen molar-refractivity contribution < 1.29 is 27.5 Å². The highest BCUT2D eigenvalue weighted by Gasteiger charge is 2.38. The summed E-state index contributed by atoms with van der Waals surface area (Å²) in [6.07, 6.45) is -4.94. The fraction of sp³-hybridized carbons (Fsp3) is 0.167. The third-order valence-corrected chi connectivity index (χ3v) is 3.51. The van der Waals surface area contributed by atoms with Gasteiger partial charge >= 0.3 is 18.1 Å². The molecule has 0 saturated carbocycles. The fourth-order valence-electron chi connectivity index (χ4n) is 1.52. The number of alkyl halides is 3. The molecule has 2 rings (SSSR count). The second-order valence-corrected chi connectivity index (χ2v) is 4.89. The van der Waals surface area contributed by atoms with Crippen LogP contribution in [0.4, 0.5) is 18.9 Å². The summed E-state index contributed by atoms with van der Waals surface area (Å²) in [6.45, 7) is 0. The van der Waals surface area contributed by atoms with Gasteiger partial charge in [-0.2, -0.15) is 13.2 Å². The molecule has 20 heavy (non-hydrogen) atoms. The van der Waals surface area contributed by atoms with Crippen LogP contribution in [0.2, 0.25) is 0 Å². The number of carbonyl (C=O) groups excluding carboxylic acids is 2. The van der Waals surface area contributed by atoms with Gasteiger partial charge in [-0.25, -0.2) is 4.79 Å². The van der Waals surface area contributed by atoms with Gasteiger partial charge in [-0.1, -0.05) is 0 Å². The number of ether oxygens (including phenoxy) is 1. The lowest BCUT2D eigenvalue weighted by Gasteiger charge is -2.07. The van der Waals surface area contributed by atoms with Gasteiger partial charge in [0, 0.05) is 10.4 Å². The van der Waals surface area contributed by atoms with Gasteiger partial charge in [0.15, 0.2) is 0 Å². The van der Waals surface area contributed by atoms with Gasteiger partial charge < -0.3 is 10.1 Å². The number of fused-ring (bicyclic) bond motifs is 1. The van der Waals surface area contributed by atoms with Crippen molar-refractivity contribution in [3.05, 3.63) is 29.1 Å². The highest BCUT2D eigenvalue weighted by molar-refractivity contribution is 7.20. The molecule has 1 N–H and O–H groups in total. The van der Waals surface area contributed by atoms with Crippen molar-refractivity contribution in [1.29, 1.82) is 0 Å². The van der Waals surface area contributed by atoms with Crippen molar-refractivity contribution in [2.45, 2.75) is 6.18 Å². The molecule has 0 aliphatic rings. The molecule has 1 aromatic carbocycles. The number of rotatable bonds is 2. The maximum absolute atomic E-state index is 12.1. The highest BCUT2D eigenvalue weighted by Crippen LogP contribution is 2.29. The number of hydrogen-bond acceptors (Lipinski definition) is 4. The fourth-order valence-corrected chi connectivity index (χ4v) is 2.49. The highest BCUT2D eigenvalue weighted by atomic mass is 32.1. The SMILES string of the molecule is COC(=O)c1cc2cc(NC(=O)C(F)(F)F)ccc2s1. The first-order chi connectivity index (χ1) is 9.31. The van der Waals surface area contributed by atoms with Crippen molar-refractivity contribution in [1.82, 2.24) is 0 Å². The van der Waals surface area contributed by atoms with E-state index in [1.165, 1.54) is 31.4 Å². The Kier molecular flexibility index (Phi) is 3.67. The monoisotopic (exact) mass is 303 g/mol. The van der Waals surface area contributed by atoms with Gasteiger partial charge in [0.05, 0.1) is 7.11 Å². The number of amides is 1. The van der Waals surface area contributed by atoms with Crippen molar-refractivity contribution in [3.8, 4) is 0 Å². The number of methoxy groups -OCH3 is 1. The van der Waals surface area contributed by atoms with Crippen LogP contribution in [0, 0.1) is 0 Å².